The number of rotatable bonds is 2. The smallest absolute Gasteiger partial charge is 0.387 e. The first-order chi connectivity index (χ1) is 6.02. The van der Waals surface area contributed by atoms with Crippen LogP contribution in [0.1, 0.15) is 0 Å². The molecule has 13 heavy (non-hydrogen) atoms. The molecule has 0 saturated heterocycles. The summed E-state index contributed by atoms with van der Waals surface area (Å²) in [6.07, 6.45) is 0. The second-order valence-corrected chi connectivity index (χ2v) is 2.09. The van der Waals surface area contributed by atoms with Crippen molar-refractivity contribution in [3.05, 3.63) is 23.8 Å². The van der Waals surface area contributed by atoms with Gasteiger partial charge in [-0.25, -0.2) is 0 Å². The van der Waals surface area contributed by atoms with Gasteiger partial charge in [0, 0.05) is 0 Å². The van der Waals surface area contributed by atoms with Gasteiger partial charge in [0.25, 0.3) is 0 Å². The summed E-state index contributed by atoms with van der Waals surface area (Å²) >= 11 is 0. The summed E-state index contributed by atoms with van der Waals surface area (Å²) in [4.78, 5) is 0. The summed E-state index contributed by atoms with van der Waals surface area (Å²) in [5, 5.41) is 8.60. The molecule has 0 bridgehead atoms. The fourth-order valence-corrected chi connectivity index (χ4v) is 0.709. The molecule has 0 aromatic heterocycles. The largest absolute Gasteiger partial charge is 0.505 e. The number of alkyl halides is 2. The van der Waals surface area contributed by atoms with Crippen molar-refractivity contribution in [2.24, 2.45) is 0 Å². The van der Waals surface area contributed by atoms with Crippen molar-refractivity contribution in [1.29, 1.82) is 0 Å². The average Bonchev–Trinajstić information content (AvgIpc) is 2.06. The number of phenolic OH excluding ortho intramolecular Hbond substituents is 1. The van der Waals surface area contributed by atoms with Gasteiger partial charge in [0.2, 0.25) is 11.6 Å². The number of halogens is 4. The molecule has 0 heterocycles. The van der Waals surface area contributed by atoms with Crippen LogP contribution < -0.4 is 4.74 Å². The van der Waals surface area contributed by atoms with E-state index in [0.29, 0.717) is 6.07 Å². The van der Waals surface area contributed by atoms with E-state index < -0.39 is 29.7 Å². The molecule has 0 spiro atoms. The predicted molar refractivity (Wildman–Crippen MR) is 34.7 cm³/mol. The Kier molecular flexibility index (Phi) is 2.60. The van der Waals surface area contributed by atoms with E-state index in [1.807, 2.05) is 0 Å². The first-order valence-corrected chi connectivity index (χ1v) is 3.14. The average molecular weight is 196 g/mol. The summed E-state index contributed by atoms with van der Waals surface area (Å²) in [7, 11) is 0. The maximum absolute atomic E-state index is 12.6. The predicted octanol–water partition coefficient (Wildman–Crippen LogP) is 2.27. The lowest BCUT2D eigenvalue weighted by Crippen LogP contribution is -2.04. The highest BCUT2D eigenvalue weighted by Crippen LogP contribution is 2.27. The summed E-state index contributed by atoms with van der Waals surface area (Å²) in [5.41, 5.74) is 0. The van der Waals surface area contributed by atoms with Gasteiger partial charge in [-0.3, -0.25) is 0 Å². The first kappa shape index (κ1) is 9.63. The van der Waals surface area contributed by atoms with Crippen molar-refractivity contribution in [2.45, 2.75) is 6.61 Å². The van der Waals surface area contributed by atoms with Gasteiger partial charge in [-0.15, -0.1) is 0 Å². The lowest BCUT2D eigenvalue weighted by atomic mass is 10.3. The Labute approximate surface area is 70.4 Å². The zero-order valence-corrected chi connectivity index (χ0v) is 6.10. The van der Waals surface area contributed by atoms with Gasteiger partial charge in [0.05, 0.1) is 0 Å². The summed E-state index contributed by atoms with van der Waals surface area (Å²) in [5.74, 6) is -5.15. The van der Waals surface area contributed by atoms with Crippen LogP contribution in [-0.4, -0.2) is 11.7 Å². The van der Waals surface area contributed by atoms with E-state index in [4.69, 9.17) is 5.11 Å². The van der Waals surface area contributed by atoms with Crippen LogP contribution in [0.15, 0.2) is 12.1 Å². The Balaban J connectivity index is 3.04. The zero-order chi connectivity index (χ0) is 10.0. The molecule has 0 fully saturated rings. The van der Waals surface area contributed by atoms with Crippen LogP contribution in [0.5, 0.6) is 11.5 Å². The highest BCUT2D eigenvalue weighted by atomic mass is 19.3. The number of ether oxygens (including phenoxy) is 1. The Morgan fingerprint density at radius 2 is 1.77 bits per heavy atom. The van der Waals surface area contributed by atoms with E-state index in [1.165, 1.54) is 0 Å². The molecular formula is C7H4F4O2. The van der Waals surface area contributed by atoms with Crippen LogP contribution in [0, 0.1) is 11.6 Å². The van der Waals surface area contributed by atoms with Crippen molar-refractivity contribution in [3.63, 3.8) is 0 Å². The summed E-state index contributed by atoms with van der Waals surface area (Å²) in [6.45, 7) is -3.24. The van der Waals surface area contributed by atoms with Gasteiger partial charge in [-0.1, -0.05) is 0 Å². The highest BCUT2D eigenvalue weighted by molar-refractivity contribution is 5.33. The van der Waals surface area contributed by atoms with Crippen molar-refractivity contribution >= 4 is 0 Å². The third-order valence-electron chi connectivity index (χ3n) is 1.24. The molecule has 0 aliphatic heterocycles. The van der Waals surface area contributed by atoms with E-state index in [2.05, 4.69) is 4.74 Å². The zero-order valence-electron chi connectivity index (χ0n) is 6.10. The van der Waals surface area contributed by atoms with Gasteiger partial charge in [-0.2, -0.15) is 17.6 Å². The topological polar surface area (TPSA) is 29.5 Å². The summed E-state index contributed by atoms with van der Waals surface area (Å²) < 4.78 is 51.9. The van der Waals surface area contributed by atoms with Gasteiger partial charge < -0.3 is 9.84 Å². The van der Waals surface area contributed by atoms with Crippen LogP contribution in [0.4, 0.5) is 17.6 Å². The van der Waals surface area contributed by atoms with Crippen LogP contribution in [0.2, 0.25) is 0 Å². The molecule has 1 aromatic rings. The van der Waals surface area contributed by atoms with E-state index >= 15 is 0 Å². The fourth-order valence-electron chi connectivity index (χ4n) is 0.709. The van der Waals surface area contributed by atoms with Crippen molar-refractivity contribution in [1.82, 2.24) is 0 Å². The maximum Gasteiger partial charge on any atom is 0.387 e. The standard InChI is InChI=1S/C7H4F4O2/c8-5-3(12)1-2-4(6(5)9)13-7(10)11/h1-2,7,12H. The molecule has 0 aliphatic carbocycles. The number of phenols is 1. The van der Waals surface area contributed by atoms with Gasteiger partial charge in [0.15, 0.2) is 11.5 Å². The Hall–Kier alpha value is -1.46. The lowest BCUT2D eigenvalue weighted by molar-refractivity contribution is -0.0525. The van der Waals surface area contributed by atoms with Crippen LogP contribution in [0.3, 0.4) is 0 Å². The first-order valence-electron chi connectivity index (χ1n) is 3.14. The monoisotopic (exact) mass is 196 g/mol. The second kappa shape index (κ2) is 3.51. The van der Waals surface area contributed by atoms with Gasteiger partial charge in [-0.05, 0) is 12.1 Å². The number of benzene rings is 1. The quantitative estimate of drug-likeness (QED) is 0.735. The molecule has 2 nitrogen and oxygen atoms in total. The van der Waals surface area contributed by atoms with Gasteiger partial charge in [0.1, 0.15) is 0 Å². The SMILES string of the molecule is Oc1ccc(OC(F)F)c(F)c1F. The summed E-state index contributed by atoms with van der Waals surface area (Å²) in [6, 6.07) is 1.43. The Bertz CT molecular complexity index is 314. The molecule has 1 aromatic carbocycles. The van der Waals surface area contributed by atoms with Crippen LogP contribution in [0.25, 0.3) is 0 Å². The minimum atomic E-state index is -3.24. The van der Waals surface area contributed by atoms with Crippen molar-refractivity contribution in [2.75, 3.05) is 0 Å². The molecule has 0 amide bonds. The van der Waals surface area contributed by atoms with E-state index in [-0.39, 0.29) is 0 Å². The molecule has 1 N–H and O–H groups in total. The number of hydrogen-bond donors (Lipinski definition) is 1. The van der Waals surface area contributed by atoms with Crippen molar-refractivity contribution < 1.29 is 27.4 Å². The van der Waals surface area contributed by atoms with E-state index in [1.54, 1.807) is 0 Å². The van der Waals surface area contributed by atoms with Crippen molar-refractivity contribution in [3.8, 4) is 11.5 Å². The second-order valence-electron chi connectivity index (χ2n) is 2.09. The Morgan fingerprint density at radius 3 is 2.31 bits per heavy atom. The highest BCUT2D eigenvalue weighted by Gasteiger charge is 2.16. The molecule has 6 heteroatoms. The maximum atomic E-state index is 12.6. The third kappa shape index (κ3) is 2.01. The fraction of sp³-hybridized carbons (Fsp3) is 0.143. The molecule has 0 unspecified atom stereocenters. The molecule has 1 rings (SSSR count). The van der Waals surface area contributed by atoms with Gasteiger partial charge >= 0.3 is 6.61 Å². The minimum absolute atomic E-state index is 0.708. The third-order valence-corrected chi connectivity index (χ3v) is 1.24. The molecule has 0 aliphatic rings. The van der Waals surface area contributed by atoms with E-state index in [9.17, 15) is 17.6 Å². The number of hydrogen-bond acceptors (Lipinski definition) is 2. The molecular weight excluding hydrogens is 192 g/mol. The van der Waals surface area contributed by atoms with Crippen LogP contribution in [-0.2, 0) is 0 Å². The normalized spacial score (nSPS) is 10.5. The minimum Gasteiger partial charge on any atom is -0.505 e. The number of aromatic hydroxyl groups is 1. The van der Waals surface area contributed by atoms with Crippen LogP contribution >= 0.6 is 0 Å². The molecule has 72 valence electrons. The van der Waals surface area contributed by atoms with E-state index in [0.717, 1.165) is 6.07 Å². The lowest BCUT2D eigenvalue weighted by Gasteiger charge is -2.06. The Morgan fingerprint density at radius 1 is 1.15 bits per heavy atom. The molecule has 0 saturated carbocycles. The molecule has 0 atom stereocenters. The molecule has 0 radical (unpaired) electrons.